The summed E-state index contributed by atoms with van der Waals surface area (Å²) in [5.41, 5.74) is 5.75. The molecule has 54 valence electrons. The van der Waals surface area contributed by atoms with Gasteiger partial charge >= 0.3 is 0 Å². The predicted molar refractivity (Wildman–Crippen MR) is 37.8 cm³/mol. The molecule has 0 atom stereocenters. The molecule has 3 nitrogen and oxygen atoms in total. The van der Waals surface area contributed by atoms with E-state index in [1.54, 1.807) is 0 Å². The van der Waals surface area contributed by atoms with Crippen molar-refractivity contribution in [3.63, 3.8) is 0 Å². The highest BCUT2D eigenvalue weighted by atomic mass is 16.4. The first-order valence-corrected chi connectivity index (χ1v) is 3.02. The molecular weight excluding hydrogens is 116 g/mol. The third-order valence-electron chi connectivity index (χ3n) is 1.20. The summed E-state index contributed by atoms with van der Waals surface area (Å²) in [5.74, 6) is 0. The summed E-state index contributed by atoms with van der Waals surface area (Å²) in [6.45, 7) is 5.53. The molecule has 0 aliphatic heterocycles. The van der Waals surface area contributed by atoms with Crippen LogP contribution < -0.4 is 5.73 Å². The molecule has 0 aromatic rings. The number of hydrogen-bond donors (Lipinski definition) is 2. The quantitative estimate of drug-likeness (QED) is 0.332. The van der Waals surface area contributed by atoms with Crippen LogP contribution in [0.3, 0.4) is 0 Å². The molecule has 0 amide bonds. The van der Waals surface area contributed by atoms with Crippen LogP contribution in [0.4, 0.5) is 0 Å². The zero-order chi connectivity index (χ0) is 7.49. The zero-order valence-electron chi connectivity index (χ0n) is 6.18. The fraction of sp³-hybridized carbons (Fsp3) is 0.833. The van der Waals surface area contributed by atoms with Gasteiger partial charge in [0.05, 0.1) is 11.3 Å². The van der Waals surface area contributed by atoms with Crippen LogP contribution in [0.2, 0.25) is 0 Å². The van der Waals surface area contributed by atoms with E-state index in [2.05, 4.69) is 5.16 Å². The van der Waals surface area contributed by atoms with E-state index >= 15 is 0 Å². The van der Waals surface area contributed by atoms with Crippen molar-refractivity contribution in [3.8, 4) is 0 Å². The number of nitrogens with two attached hydrogens (primary N) is 1. The molecule has 3 heteroatoms. The van der Waals surface area contributed by atoms with E-state index in [1.165, 1.54) is 0 Å². The predicted octanol–water partition coefficient (Wildman–Crippen LogP) is 0.964. The molecule has 0 spiro atoms. The van der Waals surface area contributed by atoms with E-state index in [1.807, 2.05) is 20.8 Å². The van der Waals surface area contributed by atoms with Gasteiger partial charge in [-0.3, -0.25) is 0 Å². The maximum atomic E-state index is 8.37. The van der Waals surface area contributed by atoms with Crippen LogP contribution in [0.1, 0.15) is 27.2 Å². The van der Waals surface area contributed by atoms with Gasteiger partial charge in [-0.1, -0.05) is 12.1 Å². The van der Waals surface area contributed by atoms with Gasteiger partial charge in [0.15, 0.2) is 0 Å². The Kier molecular flexibility index (Phi) is 2.65. The molecule has 0 bridgehead atoms. The highest BCUT2D eigenvalue weighted by Crippen LogP contribution is 2.03. The molecule has 0 rings (SSSR count). The Bertz CT molecular complexity index is 113. The monoisotopic (exact) mass is 130 g/mol. The lowest BCUT2D eigenvalue weighted by atomic mass is 9.98. The molecule has 0 unspecified atom stereocenters. The minimum absolute atomic E-state index is 0.483. The molecular formula is C6H14N2O. The summed E-state index contributed by atoms with van der Waals surface area (Å²) in [5, 5.41) is 11.4. The lowest BCUT2D eigenvalue weighted by molar-refractivity contribution is 0.313. The maximum absolute atomic E-state index is 8.37. The van der Waals surface area contributed by atoms with Crippen LogP contribution in [-0.2, 0) is 0 Å². The van der Waals surface area contributed by atoms with E-state index in [9.17, 15) is 0 Å². The standard InChI is InChI=1S/C6H14N2O/c1-4-5(8-9)6(2,3)7/h9H,4,7H2,1-3H3/b8-5-. The van der Waals surface area contributed by atoms with Crippen molar-refractivity contribution >= 4 is 5.71 Å². The summed E-state index contributed by atoms with van der Waals surface area (Å²) < 4.78 is 0. The smallest absolute Gasteiger partial charge is 0.0760 e. The van der Waals surface area contributed by atoms with Crippen LogP contribution in [0.5, 0.6) is 0 Å². The number of hydrogen-bond acceptors (Lipinski definition) is 3. The lowest BCUT2D eigenvalue weighted by Gasteiger charge is -2.17. The lowest BCUT2D eigenvalue weighted by Crippen LogP contribution is -2.41. The number of rotatable bonds is 2. The van der Waals surface area contributed by atoms with Gasteiger partial charge in [0.2, 0.25) is 0 Å². The van der Waals surface area contributed by atoms with Crippen molar-refractivity contribution < 1.29 is 5.21 Å². The second kappa shape index (κ2) is 2.82. The van der Waals surface area contributed by atoms with Gasteiger partial charge in [-0.25, -0.2) is 0 Å². The SMILES string of the molecule is CC/C(=N/O)C(C)(C)N. The van der Waals surface area contributed by atoms with Crippen LogP contribution in [0.15, 0.2) is 5.16 Å². The van der Waals surface area contributed by atoms with Crippen molar-refractivity contribution in [3.05, 3.63) is 0 Å². The molecule has 0 aliphatic carbocycles. The second-order valence-electron chi connectivity index (χ2n) is 2.62. The minimum atomic E-state index is -0.483. The molecule has 9 heavy (non-hydrogen) atoms. The number of nitrogens with zero attached hydrogens (tertiary/aromatic N) is 1. The van der Waals surface area contributed by atoms with Gasteiger partial charge in [0.25, 0.3) is 0 Å². The largest absolute Gasteiger partial charge is 0.411 e. The van der Waals surface area contributed by atoms with E-state index in [-0.39, 0.29) is 0 Å². The van der Waals surface area contributed by atoms with Crippen LogP contribution in [0.25, 0.3) is 0 Å². The topological polar surface area (TPSA) is 58.6 Å². The third-order valence-corrected chi connectivity index (χ3v) is 1.20. The first kappa shape index (κ1) is 8.43. The van der Waals surface area contributed by atoms with Gasteiger partial charge < -0.3 is 10.9 Å². The highest BCUT2D eigenvalue weighted by Gasteiger charge is 2.17. The van der Waals surface area contributed by atoms with Crippen LogP contribution >= 0.6 is 0 Å². The molecule has 0 saturated heterocycles. The molecule has 0 fully saturated rings. The summed E-state index contributed by atoms with van der Waals surface area (Å²) in [6, 6.07) is 0. The van der Waals surface area contributed by atoms with Crippen molar-refractivity contribution in [1.82, 2.24) is 0 Å². The summed E-state index contributed by atoms with van der Waals surface area (Å²) >= 11 is 0. The average Bonchev–Trinajstić information content (AvgIpc) is 1.65. The maximum Gasteiger partial charge on any atom is 0.0760 e. The molecule has 0 aromatic heterocycles. The van der Waals surface area contributed by atoms with Crippen molar-refractivity contribution in [2.24, 2.45) is 10.9 Å². The Labute approximate surface area is 55.5 Å². The van der Waals surface area contributed by atoms with Gasteiger partial charge in [-0.05, 0) is 20.3 Å². The van der Waals surface area contributed by atoms with E-state index < -0.39 is 5.54 Å². The Balaban J connectivity index is 4.14. The molecule has 0 aromatic carbocycles. The van der Waals surface area contributed by atoms with E-state index in [0.717, 1.165) is 0 Å². The molecule has 0 aliphatic rings. The van der Waals surface area contributed by atoms with Gasteiger partial charge in [-0.2, -0.15) is 0 Å². The van der Waals surface area contributed by atoms with Crippen molar-refractivity contribution in [2.45, 2.75) is 32.7 Å². The van der Waals surface area contributed by atoms with Gasteiger partial charge in [0.1, 0.15) is 0 Å². The normalized spacial score (nSPS) is 14.0. The number of oxime groups is 1. The Morgan fingerprint density at radius 1 is 1.67 bits per heavy atom. The first-order valence-electron chi connectivity index (χ1n) is 3.02. The highest BCUT2D eigenvalue weighted by molar-refractivity contribution is 5.91. The fourth-order valence-corrected chi connectivity index (χ4v) is 0.655. The second-order valence-corrected chi connectivity index (χ2v) is 2.62. The molecule has 3 N–H and O–H groups in total. The first-order chi connectivity index (χ1) is 4.02. The zero-order valence-corrected chi connectivity index (χ0v) is 6.18. The summed E-state index contributed by atoms with van der Waals surface area (Å²) in [7, 11) is 0. The van der Waals surface area contributed by atoms with Crippen LogP contribution in [-0.4, -0.2) is 16.5 Å². The van der Waals surface area contributed by atoms with Gasteiger partial charge in [-0.15, -0.1) is 0 Å². The summed E-state index contributed by atoms with van der Waals surface area (Å²) in [6.07, 6.45) is 0.694. The van der Waals surface area contributed by atoms with E-state index in [0.29, 0.717) is 12.1 Å². The Hall–Kier alpha value is -0.570. The van der Waals surface area contributed by atoms with Crippen molar-refractivity contribution in [1.29, 1.82) is 0 Å². The molecule has 0 radical (unpaired) electrons. The average molecular weight is 130 g/mol. The summed E-state index contributed by atoms with van der Waals surface area (Å²) in [4.78, 5) is 0. The van der Waals surface area contributed by atoms with E-state index in [4.69, 9.17) is 10.9 Å². The van der Waals surface area contributed by atoms with Crippen LogP contribution in [0, 0.1) is 0 Å². The third kappa shape index (κ3) is 2.46. The molecule has 0 heterocycles. The minimum Gasteiger partial charge on any atom is -0.411 e. The van der Waals surface area contributed by atoms with Gasteiger partial charge in [0, 0.05) is 0 Å². The fourth-order valence-electron chi connectivity index (χ4n) is 0.655. The Morgan fingerprint density at radius 3 is 2.11 bits per heavy atom. The molecule has 0 saturated carbocycles. The van der Waals surface area contributed by atoms with Crippen molar-refractivity contribution in [2.75, 3.05) is 0 Å². The Morgan fingerprint density at radius 2 is 2.11 bits per heavy atom.